The topological polar surface area (TPSA) is 73.0 Å². The zero-order valence-electron chi connectivity index (χ0n) is 10.3. The second-order valence-corrected chi connectivity index (χ2v) is 4.64. The number of nitrogens with zero attached hydrogens (tertiary/aromatic N) is 3. The molecule has 0 saturated carbocycles. The van der Waals surface area contributed by atoms with Crippen molar-refractivity contribution in [3.8, 4) is 0 Å². The van der Waals surface area contributed by atoms with E-state index in [0.717, 1.165) is 5.76 Å². The Morgan fingerprint density at radius 3 is 3.26 bits per heavy atom. The highest BCUT2D eigenvalue weighted by Gasteiger charge is 2.08. The Morgan fingerprint density at radius 2 is 2.53 bits per heavy atom. The van der Waals surface area contributed by atoms with E-state index in [4.69, 9.17) is 4.42 Å². The first-order valence-corrected chi connectivity index (χ1v) is 6.68. The van der Waals surface area contributed by atoms with Crippen LogP contribution in [0.1, 0.15) is 5.76 Å². The fourth-order valence-corrected chi connectivity index (χ4v) is 2.16. The first-order valence-electron chi connectivity index (χ1n) is 5.70. The van der Waals surface area contributed by atoms with E-state index >= 15 is 0 Å². The number of furan rings is 1. The molecule has 0 radical (unpaired) electrons. The van der Waals surface area contributed by atoms with Gasteiger partial charge in [0.1, 0.15) is 12.1 Å². The van der Waals surface area contributed by atoms with Crippen LogP contribution < -0.4 is 5.32 Å². The standard InChI is InChI=1S/C12H14N4O2S/c1-2-5-16-9-14-15-12(16)19-8-11(17)13-7-10-4-3-6-18-10/h2-4,6,9H,1,5,7-8H2,(H,13,17). The van der Waals surface area contributed by atoms with Gasteiger partial charge >= 0.3 is 0 Å². The molecule has 100 valence electrons. The van der Waals surface area contributed by atoms with Crippen LogP contribution in [0.3, 0.4) is 0 Å². The van der Waals surface area contributed by atoms with E-state index in [-0.39, 0.29) is 11.7 Å². The fraction of sp³-hybridized carbons (Fsp3) is 0.250. The number of hydrogen-bond acceptors (Lipinski definition) is 5. The molecule has 1 amide bonds. The number of thioether (sulfide) groups is 1. The van der Waals surface area contributed by atoms with Gasteiger partial charge in [0.05, 0.1) is 18.6 Å². The highest BCUT2D eigenvalue weighted by Crippen LogP contribution is 2.14. The Bertz CT molecular complexity index is 536. The summed E-state index contributed by atoms with van der Waals surface area (Å²) in [6.07, 6.45) is 4.95. The summed E-state index contributed by atoms with van der Waals surface area (Å²) in [6.45, 7) is 4.68. The van der Waals surface area contributed by atoms with Gasteiger partial charge in [-0.2, -0.15) is 0 Å². The average molecular weight is 278 g/mol. The lowest BCUT2D eigenvalue weighted by Gasteiger charge is -2.04. The Morgan fingerprint density at radius 1 is 1.63 bits per heavy atom. The summed E-state index contributed by atoms with van der Waals surface area (Å²) in [5.41, 5.74) is 0. The number of carbonyl (C=O) groups excluding carboxylic acids is 1. The van der Waals surface area contributed by atoms with Crippen LogP contribution >= 0.6 is 11.8 Å². The van der Waals surface area contributed by atoms with Gasteiger partial charge in [-0.05, 0) is 12.1 Å². The molecule has 2 aromatic heterocycles. The van der Waals surface area contributed by atoms with Crippen molar-refractivity contribution in [2.24, 2.45) is 0 Å². The Hall–Kier alpha value is -2.02. The summed E-state index contributed by atoms with van der Waals surface area (Å²) >= 11 is 1.34. The number of rotatable bonds is 7. The van der Waals surface area contributed by atoms with Crippen molar-refractivity contribution in [3.05, 3.63) is 43.1 Å². The van der Waals surface area contributed by atoms with Crippen molar-refractivity contribution in [1.29, 1.82) is 0 Å². The lowest BCUT2D eigenvalue weighted by Crippen LogP contribution is -2.24. The third kappa shape index (κ3) is 3.99. The Labute approximate surface area is 114 Å². The summed E-state index contributed by atoms with van der Waals surface area (Å²) in [6, 6.07) is 3.60. The molecule has 0 aliphatic rings. The first-order chi connectivity index (χ1) is 9.29. The van der Waals surface area contributed by atoms with Gasteiger partial charge in [0.15, 0.2) is 5.16 Å². The minimum atomic E-state index is -0.0745. The number of amides is 1. The van der Waals surface area contributed by atoms with E-state index < -0.39 is 0 Å². The highest BCUT2D eigenvalue weighted by atomic mass is 32.2. The predicted molar refractivity (Wildman–Crippen MR) is 71.5 cm³/mol. The van der Waals surface area contributed by atoms with E-state index in [2.05, 4.69) is 22.1 Å². The second kappa shape index (κ2) is 6.79. The summed E-state index contributed by atoms with van der Waals surface area (Å²) in [7, 11) is 0. The van der Waals surface area contributed by atoms with Crippen LogP contribution in [0.2, 0.25) is 0 Å². The van der Waals surface area contributed by atoms with Crippen LogP contribution in [0.25, 0.3) is 0 Å². The number of carbonyl (C=O) groups is 1. The van der Waals surface area contributed by atoms with Crippen molar-refractivity contribution in [3.63, 3.8) is 0 Å². The number of nitrogens with one attached hydrogen (secondary N) is 1. The maximum atomic E-state index is 11.7. The Kier molecular flexibility index (Phi) is 4.79. The van der Waals surface area contributed by atoms with Gasteiger partial charge < -0.3 is 14.3 Å². The van der Waals surface area contributed by atoms with Gasteiger partial charge in [-0.25, -0.2) is 0 Å². The van der Waals surface area contributed by atoms with Crippen LogP contribution in [-0.4, -0.2) is 26.4 Å². The largest absolute Gasteiger partial charge is 0.467 e. The van der Waals surface area contributed by atoms with Gasteiger partial charge in [-0.3, -0.25) is 4.79 Å². The molecule has 6 nitrogen and oxygen atoms in total. The third-order valence-electron chi connectivity index (χ3n) is 2.28. The predicted octanol–water partition coefficient (Wildman–Crippen LogP) is 1.47. The molecule has 2 aromatic rings. The molecule has 0 unspecified atom stereocenters. The summed E-state index contributed by atoms with van der Waals surface area (Å²) in [5.74, 6) is 0.944. The smallest absolute Gasteiger partial charge is 0.230 e. The second-order valence-electron chi connectivity index (χ2n) is 3.70. The van der Waals surface area contributed by atoms with E-state index in [1.807, 2.05) is 10.6 Å². The molecule has 19 heavy (non-hydrogen) atoms. The SMILES string of the molecule is C=CCn1cnnc1SCC(=O)NCc1ccco1. The van der Waals surface area contributed by atoms with Crippen LogP contribution in [0.4, 0.5) is 0 Å². The third-order valence-corrected chi connectivity index (χ3v) is 3.26. The fourth-order valence-electron chi connectivity index (χ4n) is 1.40. The molecule has 0 saturated heterocycles. The molecule has 0 aliphatic carbocycles. The number of hydrogen-bond donors (Lipinski definition) is 1. The van der Waals surface area contributed by atoms with E-state index in [1.165, 1.54) is 11.8 Å². The van der Waals surface area contributed by atoms with E-state index in [9.17, 15) is 4.79 Å². The van der Waals surface area contributed by atoms with Crippen molar-refractivity contribution < 1.29 is 9.21 Å². The molecule has 2 rings (SSSR count). The normalized spacial score (nSPS) is 10.3. The number of allylic oxidation sites excluding steroid dienone is 1. The molecule has 0 spiro atoms. The Balaban J connectivity index is 1.76. The van der Waals surface area contributed by atoms with E-state index in [1.54, 1.807) is 24.7 Å². The zero-order chi connectivity index (χ0) is 13.5. The first kappa shape index (κ1) is 13.4. The summed E-state index contributed by atoms with van der Waals surface area (Å²) < 4.78 is 6.96. The van der Waals surface area contributed by atoms with Gasteiger partial charge in [0, 0.05) is 6.54 Å². The van der Waals surface area contributed by atoms with Crippen LogP contribution in [-0.2, 0) is 17.9 Å². The van der Waals surface area contributed by atoms with Crippen LogP contribution in [0.15, 0.2) is 47.0 Å². The summed E-state index contributed by atoms with van der Waals surface area (Å²) in [4.78, 5) is 11.7. The van der Waals surface area contributed by atoms with Crippen molar-refractivity contribution in [2.75, 3.05) is 5.75 Å². The molecule has 0 atom stereocenters. The molecular formula is C12H14N4O2S. The molecule has 0 aliphatic heterocycles. The molecule has 0 bridgehead atoms. The minimum absolute atomic E-state index is 0.0745. The number of aromatic nitrogens is 3. The molecule has 7 heteroatoms. The minimum Gasteiger partial charge on any atom is -0.467 e. The van der Waals surface area contributed by atoms with Gasteiger partial charge in [0.2, 0.25) is 5.91 Å². The molecular weight excluding hydrogens is 264 g/mol. The average Bonchev–Trinajstić information content (AvgIpc) is 3.06. The maximum Gasteiger partial charge on any atom is 0.230 e. The molecule has 1 N–H and O–H groups in total. The van der Waals surface area contributed by atoms with Gasteiger partial charge in [0.25, 0.3) is 0 Å². The molecule has 2 heterocycles. The van der Waals surface area contributed by atoms with Crippen molar-refractivity contribution >= 4 is 17.7 Å². The lowest BCUT2D eigenvalue weighted by atomic mass is 10.4. The summed E-state index contributed by atoms with van der Waals surface area (Å²) in [5, 5.41) is 11.2. The zero-order valence-corrected chi connectivity index (χ0v) is 11.1. The highest BCUT2D eigenvalue weighted by molar-refractivity contribution is 7.99. The quantitative estimate of drug-likeness (QED) is 0.613. The van der Waals surface area contributed by atoms with Gasteiger partial charge in [-0.1, -0.05) is 17.8 Å². The van der Waals surface area contributed by atoms with Crippen LogP contribution in [0, 0.1) is 0 Å². The monoisotopic (exact) mass is 278 g/mol. The van der Waals surface area contributed by atoms with Crippen molar-refractivity contribution in [2.45, 2.75) is 18.2 Å². The maximum absolute atomic E-state index is 11.7. The molecule has 0 fully saturated rings. The van der Waals surface area contributed by atoms with Crippen molar-refractivity contribution in [1.82, 2.24) is 20.1 Å². The van der Waals surface area contributed by atoms with Gasteiger partial charge in [-0.15, -0.1) is 16.8 Å². The van der Waals surface area contributed by atoms with Crippen LogP contribution in [0.5, 0.6) is 0 Å². The van der Waals surface area contributed by atoms with E-state index in [0.29, 0.717) is 18.2 Å². The molecule has 0 aromatic carbocycles. The lowest BCUT2D eigenvalue weighted by molar-refractivity contribution is -0.118.